The van der Waals surface area contributed by atoms with Crippen LogP contribution in [0.15, 0.2) is 206 Å². The molecule has 4 amide bonds. The number of carbonyl (C=O) groups excluding carboxylic acids is 8. The number of pyridine rings is 1. The van der Waals surface area contributed by atoms with Crippen molar-refractivity contribution < 1.29 is 60.4 Å². The van der Waals surface area contributed by atoms with Crippen LogP contribution in [-0.2, 0) is 44.9 Å². The van der Waals surface area contributed by atoms with Crippen molar-refractivity contribution in [2.45, 2.75) is 114 Å². The molecule has 0 bridgehead atoms. The zero-order valence-corrected chi connectivity index (χ0v) is 66.1. The second-order valence-corrected chi connectivity index (χ2v) is 27.1. The van der Waals surface area contributed by atoms with Crippen molar-refractivity contribution in [1.29, 1.82) is 0 Å². The lowest BCUT2D eigenvalue weighted by molar-refractivity contribution is -0.118. The normalized spacial score (nSPS) is 10.7. The van der Waals surface area contributed by atoms with Crippen LogP contribution in [0.5, 0.6) is 0 Å². The lowest BCUT2D eigenvalue weighted by Gasteiger charge is -2.18. The van der Waals surface area contributed by atoms with Gasteiger partial charge in [-0.15, -0.1) is 0 Å². The molecule has 0 aliphatic carbocycles. The quantitative estimate of drug-likeness (QED) is 0.0509. The molecule has 7 aromatic carbocycles. The van der Waals surface area contributed by atoms with Gasteiger partial charge in [-0.05, 0) is 129 Å². The van der Waals surface area contributed by atoms with Crippen LogP contribution in [0.4, 0.5) is 27.1 Å². The second-order valence-electron chi connectivity index (χ2n) is 26.2. The van der Waals surface area contributed by atoms with Gasteiger partial charge in [0.2, 0.25) is 47.2 Å². The van der Waals surface area contributed by atoms with Gasteiger partial charge in [0.25, 0.3) is 0 Å². The molecule has 0 radical (unpaired) electrons. The van der Waals surface area contributed by atoms with Crippen molar-refractivity contribution >= 4 is 92.7 Å². The summed E-state index contributed by atoms with van der Waals surface area (Å²) >= 11 is 12.8. The van der Waals surface area contributed by atoms with Crippen LogP contribution in [0, 0.1) is 40.4 Å². The Labute approximate surface area is 659 Å². The number of amides is 4. The average Bonchev–Trinajstić information content (AvgIpc) is 1.16. The number of aryl methyl sites for hydroxylation is 5. The molecule has 576 valence electrons. The fraction of sp³-hybridized carbons (Fsp3) is 0.239. The standard InChI is InChI=1S/C23H24N2O3.C22H21ClN2O3.C22H21FN2O3.C21H20ClN3O3/c1-5-23(27)25(4)19-10-11-20(15(2)12-19)17-6-8-18(9-7-17)21(26)13-22-24-14-16(3)28-22;2*1-4-22(27)25(3)17-9-10-18(19(23)11-17)15-5-7-16(8-6-15)20(26)12-21-24-13-14(2)28-21;1-4-21(27)25(3)18-8-6-14(9-16(18)22)15-5-7-17(23-12-15)19(26)10-20-24-11-13(2)28-20/h6-12,14H,5,13H2,1-4H3;2*5-11,13H,4,12H2,1-3H3;5-9,11-12H,4,10H2,1-3H3. The summed E-state index contributed by atoms with van der Waals surface area (Å²) in [4.78, 5) is 124. The molecule has 0 atom stereocenters. The number of carbonyl (C=O) groups is 8. The Kier molecular flexibility index (Phi) is 29.0. The maximum atomic E-state index is 14.6. The summed E-state index contributed by atoms with van der Waals surface area (Å²) in [5.41, 5.74) is 12.5. The van der Waals surface area contributed by atoms with Crippen LogP contribution in [-0.4, -0.2) is 99.9 Å². The minimum absolute atomic E-state index is 0.0135. The van der Waals surface area contributed by atoms with Crippen LogP contribution < -0.4 is 19.6 Å². The number of hydrogen-bond acceptors (Lipinski definition) is 17. The summed E-state index contributed by atoms with van der Waals surface area (Å²) in [7, 11) is 6.84. The van der Waals surface area contributed by atoms with E-state index in [1.807, 2.05) is 99.6 Å². The summed E-state index contributed by atoms with van der Waals surface area (Å²) in [6.45, 7) is 16.4. The molecule has 0 fully saturated rings. The minimum Gasteiger partial charge on any atom is -0.446 e. The van der Waals surface area contributed by atoms with Crippen LogP contribution >= 0.6 is 23.2 Å². The van der Waals surface area contributed by atoms with Crippen molar-refractivity contribution in [3.63, 3.8) is 0 Å². The fourth-order valence-electron chi connectivity index (χ4n) is 11.7. The van der Waals surface area contributed by atoms with Gasteiger partial charge in [0.15, 0.2) is 23.1 Å². The molecule has 0 saturated carbocycles. The Hall–Kier alpha value is -12.4. The summed E-state index contributed by atoms with van der Waals surface area (Å²) < 4.78 is 36.0. The number of Topliss-reactive ketones (excluding diaryl/α,β-unsaturated/α-hetero) is 4. The highest BCUT2D eigenvalue weighted by Crippen LogP contribution is 2.35. The monoisotopic (exact) mass is 1550 g/mol. The van der Waals surface area contributed by atoms with E-state index in [2.05, 4.69) is 24.9 Å². The number of rotatable bonds is 24. The Morgan fingerprint density at radius 1 is 0.339 bits per heavy atom. The number of benzene rings is 7. The first-order valence-electron chi connectivity index (χ1n) is 36.2. The van der Waals surface area contributed by atoms with E-state index in [0.717, 1.165) is 50.3 Å². The number of aromatic nitrogens is 5. The van der Waals surface area contributed by atoms with E-state index >= 15 is 0 Å². The second kappa shape index (κ2) is 38.8. The molecule has 12 aromatic rings. The van der Waals surface area contributed by atoms with E-state index in [1.54, 1.807) is 183 Å². The molecule has 0 N–H and O–H groups in total. The molecule has 12 rings (SSSR count). The van der Waals surface area contributed by atoms with Crippen molar-refractivity contribution in [2.75, 3.05) is 47.8 Å². The van der Waals surface area contributed by atoms with Crippen molar-refractivity contribution in [2.24, 2.45) is 0 Å². The maximum absolute atomic E-state index is 14.6. The number of ketones is 4. The van der Waals surface area contributed by atoms with Crippen molar-refractivity contribution in [3.8, 4) is 44.5 Å². The molecule has 0 saturated heterocycles. The average molecular weight is 1550 g/mol. The molecule has 0 aliphatic rings. The third-order valence-electron chi connectivity index (χ3n) is 18.2. The van der Waals surface area contributed by atoms with Gasteiger partial charge in [-0.1, -0.05) is 148 Å². The Bertz CT molecular complexity index is 4970. The highest BCUT2D eigenvalue weighted by atomic mass is 35.5. The van der Waals surface area contributed by atoms with Gasteiger partial charge < -0.3 is 37.3 Å². The van der Waals surface area contributed by atoms with Gasteiger partial charge in [0.1, 0.15) is 34.6 Å². The molecule has 5 heterocycles. The number of anilines is 4. The van der Waals surface area contributed by atoms with Gasteiger partial charge in [-0.25, -0.2) is 24.3 Å². The number of oxazole rings is 4. The lowest BCUT2D eigenvalue weighted by Crippen LogP contribution is -2.25. The summed E-state index contributed by atoms with van der Waals surface area (Å²) in [6.07, 6.45) is 10.1. The van der Waals surface area contributed by atoms with Crippen LogP contribution in [0.3, 0.4) is 0 Å². The first-order chi connectivity index (χ1) is 53.5. The first kappa shape index (κ1) is 83.6. The predicted octanol–water partition coefficient (Wildman–Crippen LogP) is 18.9. The fourth-order valence-corrected chi connectivity index (χ4v) is 12.3. The van der Waals surface area contributed by atoms with E-state index in [-0.39, 0.29) is 72.4 Å². The van der Waals surface area contributed by atoms with E-state index < -0.39 is 5.82 Å². The first-order valence-corrected chi connectivity index (χ1v) is 36.9. The van der Waals surface area contributed by atoms with Gasteiger partial charge >= 0.3 is 0 Å². The van der Waals surface area contributed by atoms with E-state index in [1.165, 1.54) is 15.9 Å². The molecule has 24 heteroatoms. The van der Waals surface area contributed by atoms with Gasteiger partial charge in [-0.2, -0.15) is 0 Å². The van der Waals surface area contributed by atoms with Gasteiger partial charge in [0, 0.05) is 111 Å². The summed E-state index contributed by atoms with van der Waals surface area (Å²) in [6, 6.07) is 46.6. The number of hydrogen-bond donors (Lipinski definition) is 0. The predicted molar refractivity (Wildman–Crippen MR) is 432 cm³/mol. The van der Waals surface area contributed by atoms with E-state index in [9.17, 15) is 42.7 Å². The molecule has 0 spiro atoms. The number of nitrogens with zero attached hydrogens (tertiary/aromatic N) is 9. The molecule has 21 nitrogen and oxygen atoms in total. The summed E-state index contributed by atoms with van der Waals surface area (Å²) in [5, 5.41) is 1.02. The third-order valence-corrected chi connectivity index (χ3v) is 18.8. The molecule has 0 aliphatic heterocycles. The van der Waals surface area contributed by atoms with Gasteiger partial charge in [-0.3, -0.25) is 43.3 Å². The van der Waals surface area contributed by atoms with Crippen LogP contribution in [0.1, 0.15) is 147 Å². The third kappa shape index (κ3) is 22.0. The van der Waals surface area contributed by atoms with Crippen LogP contribution in [0.25, 0.3) is 44.5 Å². The molecule has 0 unspecified atom stereocenters. The number of halogens is 3. The van der Waals surface area contributed by atoms with Crippen molar-refractivity contribution in [3.05, 3.63) is 279 Å². The summed E-state index contributed by atoms with van der Waals surface area (Å²) in [5.74, 6) is 3.50. The Morgan fingerprint density at radius 3 is 1.03 bits per heavy atom. The van der Waals surface area contributed by atoms with Crippen LogP contribution in [0.2, 0.25) is 10.0 Å². The Morgan fingerprint density at radius 2 is 0.679 bits per heavy atom. The van der Waals surface area contributed by atoms with E-state index in [4.69, 9.17) is 40.9 Å². The van der Waals surface area contributed by atoms with E-state index in [0.29, 0.717) is 127 Å². The SMILES string of the molecule is CCC(=O)N(C)c1ccc(-c2ccc(C(=O)Cc3ncc(C)o3)cc2)c(C)c1.CCC(=O)N(C)c1ccc(-c2ccc(C(=O)Cc3ncc(C)o3)cc2)c(Cl)c1.CCC(=O)N(C)c1ccc(-c2ccc(C(=O)Cc3ncc(C)o3)cc2)c(F)c1.CCC(=O)N(C)c1ccc(-c2ccc(C(=O)Cc3ncc(C)o3)nc2)cc1Cl. The highest BCUT2D eigenvalue weighted by molar-refractivity contribution is 6.34. The lowest BCUT2D eigenvalue weighted by atomic mass is 9.97. The molecule has 5 aromatic heterocycles. The topological polar surface area (TPSA) is 267 Å². The molecular weight excluding hydrogens is 1460 g/mol. The highest BCUT2D eigenvalue weighted by Gasteiger charge is 2.21. The van der Waals surface area contributed by atoms with Gasteiger partial charge in [0.05, 0.1) is 66.2 Å². The largest absolute Gasteiger partial charge is 0.446 e. The zero-order chi connectivity index (χ0) is 81.0. The smallest absolute Gasteiger partial charge is 0.226 e. The Balaban J connectivity index is 0.000000171. The minimum atomic E-state index is -0.428. The zero-order valence-electron chi connectivity index (χ0n) is 64.6. The maximum Gasteiger partial charge on any atom is 0.226 e. The molecule has 112 heavy (non-hydrogen) atoms. The van der Waals surface area contributed by atoms with Crippen molar-refractivity contribution in [1.82, 2.24) is 24.9 Å². The molecular formula is C88H86Cl2FN9O12.